The standard InChI is InChI=1S/C16H30N2O2/c1-17-16(8-3-2-4-9-16)12-15(19)18-10-5-11-20-13-14-6-7-14/h14,17H,2-13H2,1H3,(H,18,19). The summed E-state index contributed by atoms with van der Waals surface area (Å²) >= 11 is 0. The Kier molecular flexibility index (Phi) is 6.30. The van der Waals surface area contributed by atoms with E-state index in [0.717, 1.165) is 44.9 Å². The van der Waals surface area contributed by atoms with Crippen molar-refractivity contribution >= 4 is 5.91 Å². The maximum absolute atomic E-state index is 12.0. The van der Waals surface area contributed by atoms with Crippen LogP contribution in [0.3, 0.4) is 0 Å². The van der Waals surface area contributed by atoms with Crippen LogP contribution in [-0.2, 0) is 9.53 Å². The minimum absolute atomic E-state index is 0.0464. The molecule has 0 aromatic rings. The molecule has 2 aliphatic carbocycles. The van der Waals surface area contributed by atoms with Crippen LogP contribution in [0, 0.1) is 5.92 Å². The summed E-state index contributed by atoms with van der Waals surface area (Å²) in [5, 5.41) is 6.43. The van der Waals surface area contributed by atoms with Crippen molar-refractivity contribution in [3.63, 3.8) is 0 Å². The van der Waals surface area contributed by atoms with Crippen molar-refractivity contribution in [1.82, 2.24) is 10.6 Å². The average Bonchev–Trinajstić information content (AvgIpc) is 3.28. The number of carbonyl (C=O) groups is 1. The van der Waals surface area contributed by atoms with E-state index in [2.05, 4.69) is 10.6 Å². The van der Waals surface area contributed by atoms with Gasteiger partial charge in [-0.2, -0.15) is 0 Å². The van der Waals surface area contributed by atoms with E-state index < -0.39 is 0 Å². The largest absolute Gasteiger partial charge is 0.381 e. The molecule has 0 aliphatic heterocycles. The van der Waals surface area contributed by atoms with E-state index in [1.807, 2.05) is 7.05 Å². The molecule has 4 nitrogen and oxygen atoms in total. The third-order valence-electron chi connectivity index (χ3n) is 4.68. The Hall–Kier alpha value is -0.610. The van der Waals surface area contributed by atoms with Crippen molar-refractivity contribution in [1.29, 1.82) is 0 Å². The van der Waals surface area contributed by atoms with Gasteiger partial charge in [0.25, 0.3) is 0 Å². The topological polar surface area (TPSA) is 50.4 Å². The Bertz CT molecular complexity index is 297. The van der Waals surface area contributed by atoms with Crippen LogP contribution in [0.1, 0.15) is 57.8 Å². The first-order valence-electron chi connectivity index (χ1n) is 8.27. The zero-order valence-corrected chi connectivity index (χ0v) is 12.9. The highest BCUT2D eigenvalue weighted by Gasteiger charge is 2.32. The van der Waals surface area contributed by atoms with Gasteiger partial charge in [0, 0.05) is 31.7 Å². The second kappa shape index (κ2) is 7.99. The zero-order chi connectivity index (χ0) is 14.3. The van der Waals surface area contributed by atoms with Gasteiger partial charge >= 0.3 is 0 Å². The fourth-order valence-electron chi connectivity index (χ4n) is 3.05. The van der Waals surface area contributed by atoms with E-state index in [1.165, 1.54) is 32.1 Å². The summed E-state index contributed by atoms with van der Waals surface area (Å²) in [5.41, 5.74) is 0.0464. The van der Waals surface area contributed by atoms with Crippen molar-refractivity contribution in [3.8, 4) is 0 Å². The smallest absolute Gasteiger partial charge is 0.221 e. The molecule has 0 spiro atoms. The van der Waals surface area contributed by atoms with Crippen molar-refractivity contribution in [2.45, 2.75) is 63.3 Å². The number of rotatable bonds is 9. The van der Waals surface area contributed by atoms with Crippen molar-refractivity contribution in [2.75, 3.05) is 26.8 Å². The van der Waals surface area contributed by atoms with Crippen molar-refractivity contribution in [2.24, 2.45) is 5.92 Å². The van der Waals surface area contributed by atoms with Crippen LogP contribution in [0.4, 0.5) is 0 Å². The van der Waals surface area contributed by atoms with Crippen LogP contribution < -0.4 is 10.6 Å². The van der Waals surface area contributed by atoms with Gasteiger partial charge < -0.3 is 15.4 Å². The summed E-state index contributed by atoms with van der Waals surface area (Å²) in [7, 11) is 1.99. The molecule has 20 heavy (non-hydrogen) atoms. The second-order valence-electron chi connectivity index (χ2n) is 6.49. The molecule has 0 atom stereocenters. The van der Waals surface area contributed by atoms with Gasteiger partial charge in [-0.1, -0.05) is 19.3 Å². The molecule has 2 saturated carbocycles. The summed E-state index contributed by atoms with van der Waals surface area (Å²) in [6.07, 6.45) is 10.3. The Morgan fingerprint density at radius 3 is 2.65 bits per heavy atom. The molecule has 0 unspecified atom stereocenters. The van der Waals surface area contributed by atoms with Crippen LogP contribution in [-0.4, -0.2) is 38.3 Å². The Morgan fingerprint density at radius 2 is 2.00 bits per heavy atom. The number of amides is 1. The molecule has 0 saturated heterocycles. The molecule has 2 fully saturated rings. The zero-order valence-electron chi connectivity index (χ0n) is 12.9. The number of nitrogens with one attached hydrogen (secondary N) is 2. The van der Waals surface area contributed by atoms with Gasteiger partial charge in [0.15, 0.2) is 0 Å². The molecule has 0 aromatic heterocycles. The summed E-state index contributed by atoms with van der Waals surface area (Å²) < 4.78 is 5.57. The molecule has 2 aliphatic rings. The lowest BCUT2D eigenvalue weighted by molar-refractivity contribution is -0.122. The van der Waals surface area contributed by atoms with Crippen LogP contribution in [0.15, 0.2) is 0 Å². The van der Waals surface area contributed by atoms with Crippen LogP contribution in [0.5, 0.6) is 0 Å². The predicted octanol–water partition coefficient (Wildman–Crippen LogP) is 2.23. The molecule has 0 bridgehead atoms. The summed E-state index contributed by atoms with van der Waals surface area (Å²) in [6, 6.07) is 0. The highest BCUT2D eigenvalue weighted by Crippen LogP contribution is 2.30. The first-order chi connectivity index (χ1) is 9.74. The molecule has 4 heteroatoms. The van der Waals surface area contributed by atoms with Gasteiger partial charge in [-0.15, -0.1) is 0 Å². The van der Waals surface area contributed by atoms with E-state index in [4.69, 9.17) is 4.74 Å². The van der Waals surface area contributed by atoms with Gasteiger partial charge in [-0.25, -0.2) is 0 Å². The lowest BCUT2D eigenvalue weighted by Gasteiger charge is -2.36. The summed E-state index contributed by atoms with van der Waals surface area (Å²) in [5.74, 6) is 1.01. The Balaban J connectivity index is 1.54. The number of carbonyl (C=O) groups excluding carboxylic acids is 1. The molecular weight excluding hydrogens is 252 g/mol. The maximum atomic E-state index is 12.0. The monoisotopic (exact) mass is 282 g/mol. The van der Waals surface area contributed by atoms with E-state index in [0.29, 0.717) is 6.42 Å². The average molecular weight is 282 g/mol. The molecule has 0 radical (unpaired) electrons. The third-order valence-corrected chi connectivity index (χ3v) is 4.68. The lowest BCUT2D eigenvalue weighted by Crippen LogP contribution is -2.48. The number of hydrogen-bond donors (Lipinski definition) is 2. The minimum Gasteiger partial charge on any atom is -0.381 e. The first-order valence-corrected chi connectivity index (χ1v) is 8.27. The van der Waals surface area contributed by atoms with Gasteiger partial charge in [0.05, 0.1) is 0 Å². The molecule has 0 aromatic carbocycles. The lowest BCUT2D eigenvalue weighted by atomic mass is 9.79. The van der Waals surface area contributed by atoms with Crippen molar-refractivity contribution < 1.29 is 9.53 Å². The van der Waals surface area contributed by atoms with Crippen LogP contribution in [0.2, 0.25) is 0 Å². The second-order valence-corrected chi connectivity index (χ2v) is 6.49. The van der Waals surface area contributed by atoms with E-state index in [1.54, 1.807) is 0 Å². The quantitative estimate of drug-likeness (QED) is 0.638. The highest BCUT2D eigenvalue weighted by atomic mass is 16.5. The molecule has 0 heterocycles. The fourth-order valence-corrected chi connectivity index (χ4v) is 3.05. The fraction of sp³-hybridized carbons (Fsp3) is 0.938. The molecule has 2 rings (SSSR count). The van der Waals surface area contributed by atoms with Crippen LogP contribution in [0.25, 0.3) is 0 Å². The molecule has 1 amide bonds. The van der Waals surface area contributed by atoms with E-state index >= 15 is 0 Å². The normalized spacial score (nSPS) is 21.6. The third kappa shape index (κ3) is 5.41. The minimum atomic E-state index is 0.0464. The Morgan fingerprint density at radius 1 is 1.25 bits per heavy atom. The highest BCUT2D eigenvalue weighted by molar-refractivity contribution is 5.77. The van der Waals surface area contributed by atoms with Crippen molar-refractivity contribution in [3.05, 3.63) is 0 Å². The maximum Gasteiger partial charge on any atom is 0.221 e. The van der Waals surface area contributed by atoms with Gasteiger partial charge in [0.1, 0.15) is 0 Å². The number of hydrogen-bond acceptors (Lipinski definition) is 3. The number of ether oxygens (including phenoxy) is 1. The summed E-state index contributed by atoms with van der Waals surface area (Å²) in [4.78, 5) is 12.0. The summed E-state index contributed by atoms with van der Waals surface area (Å²) in [6.45, 7) is 2.42. The predicted molar refractivity (Wildman–Crippen MR) is 80.7 cm³/mol. The van der Waals surface area contributed by atoms with E-state index in [9.17, 15) is 4.79 Å². The van der Waals surface area contributed by atoms with Gasteiger partial charge in [-0.3, -0.25) is 4.79 Å². The molecule has 2 N–H and O–H groups in total. The molecule has 116 valence electrons. The van der Waals surface area contributed by atoms with Gasteiger partial charge in [0.2, 0.25) is 5.91 Å². The van der Waals surface area contributed by atoms with Gasteiger partial charge in [-0.05, 0) is 45.1 Å². The first kappa shape index (κ1) is 15.8. The van der Waals surface area contributed by atoms with E-state index in [-0.39, 0.29) is 11.4 Å². The SMILES string of the molecule is CNC1(CC(=O)NCCCOCC2CC2)CCCCC1. The Labute approximate surface area is 123 Å². The molecular formula is C16H30N2O2. The van der Waals surface area contributed by atoms with Crippen LogP contribution >= 0.6 is 0 Å².